The van der Waals surface area contributed by atoms with Crippen LogP contribution in [0.4, 0.5) is 13.2 Å². The van der Waals surface area contributed by atoms with E-state index in [1.54, 1.807) is 39.1 Å². The van der Waals surface area contributed by atoms with Gasteiger partial charge >= 0.3 is 18.1 Å². The van der Waals surface area contributed by atoms with Crippen LogP contribution >= 0.6 is 0 Å². The molecular formula is C14H20F3NO3. The number of amides is 1. The predicted octanol–water partition coefficient (Wildman–Crippen LogP) is 2.75. The van der Waals surface area contributed by atoms with Gasteiger partial charge in [0.15, 0.2) is 0 Å². The largest absolute Gasteiger partial charge is 0.471 e. The molecule has 0 aliphatic heterocycles. The van der Waals surface area contributed by atoms with Crippen molar-refractivity contribution in [1.82, 2.24) is 5.32 Å². The molecule has 1 amide bonds. The molecule has 0 bridgehead atoms. The lowest BCUT2D eigenvalue weighted by Crippen LogP contribution is -2.51. The number of esters is 1. The maximum atomic E-state index is 12.4. The number of hydrogen-bond acceptors (Lipinski definition) is 3. The average Bonchev–Trinajstić information content (AvgIpc) is 2.29. The molecule has 0 aliphatic carbocycles. The second kappa shape index (κ2) is 7.28. The standard InChI is InChI=1S/C14H20F3NO3/c1-6-8-9(7-2)10(11(19)21-13(3,4)5)18-12(20)14(15,16)17/h6-10H,2H2,1,3-5H3,(H,18,20)/b8-6+/t9-,10-/m1/s1. The first-order valence-corrected chi connectivity index (χ1v) is 6.28. The van der Waals surface area contributed by atoms with E-state index >= 15 is 0 Å². The quantitative estimate of drug-likeness (QED) is 0.627. The van der Waals surface area contributed by atoms with Gasteiger partial charge in [-0.3, -0.25) is 4.79 Å². The van der Waals surface area contributed by atoms with E-state index in [1.807, 2.05) is 0 Å². The molecule has 0 radical (unpaired) electrons. The van der Waals surface area contributed by atoms with E-state index in [0.29, 0.717) is 0 Å². The molecule has 120 valence electrons. The third-order valence-corrected chi connectivity index (χ3v) is 2.28. The lowest BCUT2D eigenvalue weighted by molar-refractivity contribution is -0.177. The molecule has 0 aromatic rings. The van der Waals surface area contributed by atoms with E-state index < -0.39 is 35.6 Å². The zero-order valence-electron chi connectivity index (χ0n) is 12.5. The molecule has 0 spiro atoms. The van der Waals surface area contributed by atoms with Crippen molar-refractivity contribution in [3.8, 4) is 0 Å². The Labute approximate surface area is 122 Å². The van der Waals surface area contributed by atoms with Gasteiger partial charge in [-0.1, -0.05) is 18.2 Å². The van der Waals surface area contributed by atoms with Gasteiger partial charge < -0.3 is 10.1 Å². The molecule has 7 heteroatoms. The predicted molar refractivity (Wildman–Crippen MR) is 72.3 cm³/mol. The lowest BCUT2D eigenvalue weighted by Gasteiger charge is -2.27. The summed E-state index contributed by atoms with van der Waals surface area (Å²) in [6, 6.07) is -1.49. The molecule has 0 fully saturated rings. The Kier molecular flexibility index (Phi) is 6.66. The summed E-state index contributed by atoms with van der Waals surface area (Å²) in [6.07, 6.45) is -0.811. The van der Waals surface area contributed by atoms with Crippen LogP contribution in [0.15, 0.2) is 24.8 Å². The monoisotopic (exact) mass is 307 g/mol. The number of alkyl halides is 3. The summed E-state index contributed by atoms with van der Waals surface area (Å²) in [4.78, 5) is 23.1. The molecule has 2 atom stereocenters. The third-order valence-electron chi connectivity index (χ3n) is 2.28. The molecule has 21 heavy (non-hydrogen) atoms. The number of nitrogens with one attached hydrogen (secondary N) is 1. The van der Waals surface area contributed by atoms with E-state index in [-0.39, 0.29) is 0 Å². The first-order chi connectivity index (χ1) is 9.42. The van der Waals surface area contributed by atoms with Crippen molar-refractivity contribution in [2.24, 2.45) is 5.92 Å². The van der Waals surface area contributed by atoms with E-state index in [9.17, 15) is 22.8 Å². The number of carbonyl (C=O) groups is 2. The number of rotatable bonds is 5. The Morgan fingerprint density at radius 2 is 1.76 bits per heavy atom. The van der Waals surface area contributed by atoms with Crippen LogP contribution in [0.5, 0.6) is 0 Å². The molecule has 0 aliphatic rings. The van der Waals surface area contributed by atoms with Gasteiger partial charge in [0.2, 0.25) is 0 Å². The number of hydrogen-bond donors (Lipinski definition) is 1. The second-order valence-electron chi connectivity index (χ2n) is 5.32. The maximum Gasteiger partial charge on any atom is 0.471 e. The second-order valence-corrected chi connectivity index (χ2v) is 5.32. The molecule has 0 aromatic carbocycles. The number of allylic oxidation sites excluding steroid dienone is 1. The molecular weight excluding hydrogens is 287 g/mol. The van der Waals surface area contributed by atoms with Crippen LogP contribution in [0.1, 0.15) is 27.7 Å². The summed E-state index contributed by atoms with van der Waals surface area (Å²) in [7, 11) is 0. The smallest absolute Gasteiger partial charge is 0.458 e. The van der Waals surface area contributed by atoms with Crippen LogP contribution < -0.4 is 5.32 Å². The maximum absolute atomic E-state index is 12.4. The van der Waals surface area contributed by atoms with Gasteiger partial charge in [0, 0.05) is 5.92 Å². The molecule has 0 saturated carbocycles. The SMILES string of the molecule is C=C[C@H](/C=C/C)[C@@H](NC(=O)C(F)(F)F)C(=O)OC(C)(C)C. The summed E-state index contributed by atoms with van der Waals surface area (Å²) in [6.45, 7) is 9.82. The fourth-order valence-corrected chi connectivity index (χ4v) is 1.45. The Hall–Kier alpha value is -1.79. The summed E-state index contributed by atoms with van der Waals surface area (Å²) in [5, 5.41) is 1.65. The van der Waals surface area contributed by atoms with Gasteiger partial charge in [-0.15, -0.1) is 6.58 Å². The number of ether oxygens (including phenoxy) is 1. The zero-order valence-corrected chi connectivity index (χ0v) is 12.5. The van der Waals surface area contributed by atoms with Gasteiger partial charge in [-0.25, -0.2) is 4.79 Å². The van der Waals surface area contributed by atoms with E-state index in [4.69, 9.17) is 4.74 Å². The molecule has 0 saturated heterocycles. The average molecular weight is 307 g/mol. The van der Waals surface area contributed by atoms with E-state index in [0.717, 1.165) is 0 Å². The summed E-state index contributed by atoms with van der Waals surface area (Å²) >= 11 is 0. The normalized spacial score (nSPS) is 15.4. The molecule has 0 unspecified atom stereocenters. The highest BCUT2D eigenvalue weighted by Gasteiger charge is 2.42. The topological polar surface area (TPSA) is 55.4 Å². The van der Waals surface area contributed by atoms with Crippen molar-refractivity contribution in [2.75, 3.05) is 0 Å². The fraction of sp³-hybridized carbons (Fsp3) is 0.571. The third kappa shape index (κ3) is 6.97. The van der Waals surface area contributed by atoms with Gasteiger partial charge in [-0.2, -0.15) is 13.2 Å². The van der Waals surface area contributed by atoms with Crippen LogP contribution in [0.25, 0.3) is 0 Å². The zero-order chi connectivity index (χ0) is 16.8. The van der Waals surface area contributed by atoms with Gasteiger partial charge in [0.25, 0.3) is 0 Å². The van der Waals surface area contributed by atoms with Crippen molar-refractivity contribution < 1.29 is 27.5 Å². The van der Waals surface area contributed by atoms with Crippen molar-refractivity contribution >= 4 is 11.9 Å². The Bertz CT molecular complexity index is 422. The summed E-state index contributed by atoms with van der Waals surface area (Å²) in [5.41, 5.74) is -0.889. The molecule has 0 heterocycles. The van der Waals surface area contributed by atoms with Crippen molar-refractivity contribution in [3.63, 3.8) is 0 Å². The summed E-state index contributed by atoms with van der Waals surface area (Å²) < 4.78 is 42.1. The van der Waals surface area contributed by atoms with E-state index in [1.165, 1.54) is 12.2 Å². The highest BCUT2D eigenvalue weighted by molar-refractivity contribution is 5.88. The van der Waals surface area contributed by atoms with Crippen LogP contribution in [-0.4, -0.2) is 29.7 Å². The molecule has 0 aromatic heterocycles. The molecule has 4 nitrogen and oxygen atoms in total. The van der Waals surface area contributed by atoms with Crippen molar-refractivity contribution in [1.29, 1.82) is 0 Å². The lowest BCUT2D eigenvalue weighted by atomic mass is 9.98. The molecule has 1 N–H and O–H groups in total. The Balaban J connectivity index is 5.32. The summed E-state index contributed by atoms with van der Waals surface area (Å²) in [5.74, 6) is -3.96. The van der Waals surface area contributed by atoms with Crippen LogP contribution in [-0.2, 0) is 14.3 Å². The number of halogens is 3. The molecule has 0 rings (SSSR count). The van der Waals surface area contributed by atoms with Crippen molar-refractivity contribution in [3.05, 3.63) is 24.8 Å². The first kappa shape index (κ1) is 19.2. The highest BCUT2D eigenvalue weighted by atomic mass is 19.4. The minimum absolute atomic E-state index is 0.809. The minimum atomic E-state index is -5.08. The van der Waals surface area contributed by atoms with Gasteiger partial charge in [0.1, 0.15) is 11.6 Å². The van der Waals surface area contributed by atoms with Crippen molar-refractivity contribution in [2.45, 2.75) is 45.5 Å². The Morgan fingerprint density at radius 1 is 1.24 bits per heavy atom. The van der Waals surface area contributed by atoms with Crippen LogP contribution in [0.2, 0.25) is 0 Å². The highest BCUT2D eigenvalue weighted by Crippen LogP contribution is 2.19. The number of carbonyl (C=O) groups excluding carboxylic acids is 2. The fourth-order valence-electron chi connectivity index (χ4n) is 1.45. The van der Waals surface area contributed by atoms with Crippen LogP contribution in [0, 0.1) is 5.92 Å². The van der Waals surface area contributed by atoms with E-state index in [2.05, 4.69) is 6.58 Å². The van der Waals surface area contributed by atoms with Crippen LogP contribution in [0.3, 0.4) is 0 Å². The van der Waals surface area contributed by atoms with Gasteiger partial charge in [0.05, 0.1) is 0 Å². The minimum Gasteiger partial charge on any atom is -0.458 e. The van der Waals surface area contributed by atoms with Gasteiger partial charge in [-0.05, 0) is 27.7 Å². The Morgan fingerprint density at radius 3 is 2.10 bits per heavy atom. The first-order valence-electron chi connectivity index (χ1n) is 6.28.